The van der Waals surface area contributed by atoms with Crippen LogP contribution in [0.3, 0.4) is 0 Å². The Morgan fingerprint density at radius 1 is 1.19 bits per heavy atom. The number of methoxy groups -OCH3 is 1. The number of nitrogens with one attached hydrogen (secondary N) is 2. The number of rotatable bonds is 3. The first-order valence-corrected chi connectivity index (χ1v) is 9.04. The summed E-state index contributed by atoms with van der Waals surface area (Å²) in [5.74, 6) is -2.47. The van der Waals surface area contributed by atoms with Crippen molar-refractivity contribution in [2.75, 3.05) is 20.3 Å². The summed E-state index contributed by atoms with van der Waals surface area (Å²) in [5, 5.41) is 15.5. The summed E-state index contributed by atoms with van der Waals surface area (Å²) in [6.45, 7) is -0.212. The van der Waals surface area contributed by atoms with Gasteiger partial charge in [-0.2, -0.15) is 0 Å². The van der Waals surface area contributed by atoms with Gasteiger partial charge in [-0.15, -0.1) is 0 Å². The van der Waals surface area contributed by atoms with Crippen molar-refractivity contribution in [1.29, 1.82) is 0 Å². The van der Waals surface area contributed by atoms with E-state index in [0.29, 0.717) is 12.8 Å². The molecule has 0 aromatic carbocycles. The highest BCUT2D eigenvalue weighted by molar-refractivity contribution is 5.86. The quantitative estimate of drug-likeness (QED) is 0.597. The molecule has 2 fully saturated rings. The minimum Gasteiger partial charge on any atom is -0.506 e. The van der Waals surface area contributed by atoms with E-state index in [-0.39, 0.29) is 24.7 Å². The summed E-state index contributed by atoms with van der Waals surface area (Å²) in [5.41, 5.74) is 0. The van der Waals surface area contributed by atoms with Gasteiger partial charge < -0.3 is 30.0 Å². The number of aliphatic hydroxyl groups excluding tert-OH is 1. The lowest BCUT2D eigenvalue weighted by atomic mass is 9.79. The number of aliphatic hydroxyl groups is 1. The van der Waals surface area contributed by atoms with Crippen molar-refractivity contribution in [3.05, 3.63) is 23.8 Å². The number of ether oxygens (including phenoxy) is 3. The Morgan fingerprint density at radius 2 is 1.78 bits per heavy atom. The van der Waals surface area contributed by atoms with E-state index in [0.717, 1.165) is 12.8 Å². The molecule has 1 aliphatic carbocycles. The maximum Gasteiger partial charge on any atom is 0.309 e. The zero-order valence-corrected chi connectivity index (χ0v) is 15.1. The molecular weight excluding hydrogens is 356 g/mol. The normalized spacial score (nSPS) is 29.3. The van der Waals surface area contributed by atoms with Crippen LogP contribution in [0.25, 0.3) is 0 Å². The zero-order chi connectivity index (χ0) is 19.4. The molecule has 0 aromatic heterocycles. The van der Waals surface area contributed by atoms with Crippen molar-refractivity contribution in [2.45, 2.75) is 37.8 Å². The molecule has 1 unspecified atom stereocenters. The van der Waals surface area contributed by atoms with Gasteiger partial charge in [-0.1, -0.05) is 12.8 Å². The second-order valence-electron chi connectivity index (χ2n) is 6.85. The molecule has 1 amide bonds. The summed E-state index contributed by atoms with van der Waals surface area (Å²) in [6.07, 6.45) is 5.93. The Bertz CT molecular complexity index is 645. The molecule has 9 heteroatoms. The second kappa shape index (κ2) is 8.32. The number of cyclic esters (lactones) is 2. The van der Waals surface area contributed by atoms with Crippen molar-refractivity contribution in [3.8, 4) is 0 Å². The third-order valence-electron chi connectivity index (χ3n) is 5.08. The molecule has 3 atom stereocenters. The van der Waals surface area contributed by atoms with E-state index < -0.39 is 41.8 Å². The standard InChI is InChI=1S/C18H24N2O7/c1-25-13-6-7-19-14(15(13)21)16(22)20-10-8-26-17(23)11-4-2-3-5-12(11)18(24)27-9-10/h6-7,10-12,14,19,21H,2-5,8-9H2,1H3,(H,20,22)/t11-,12-,14?/m0/s1. The molecule has 3 N–H and O–H groups in total. The molecule has 9 nitrogen and oxygen atoms in total. The van der Waals surface area contributed by atoms with Gasteiger partial charge in [0.25, 0.3) is 5.91 Å². The fourth-order valence-electron chi connectivity index (χ4n) is 3.59. The number of hydrogen-bond acceptors (Lipinski definition) is 8. The van der Waals surface area contributed by atoms with Gasteiger partial charge in [0.05, 0.1) is 25.0 Å². The van der Waals surface area contributed by atoms with Gasteiger partial charge in [0.2, 0.25) is 0 Å². The summed E-state index contributed by atoms with van der Waals surface area (Å²) < 4.78 is 15.7. The largest absolute Gasteiger partial charge is 0.506 e. The van der Waals surface area contributed by atoms with Crippen LogP contribution in [0.15, 0.2) is 23.8 Å². The van der Waals surface area contributed by atoms with Gasteiger partial charge in [-0.3, -0.25) is 14.4 Å². The molecule has 2 aliphatic heterocycles. The Kier molecular flexibility index (Phi) is 5.88. The predicted molar refractivity (Wildman–Crippen MR) is 92.0 cm³/mol. The van der Waals surface area contributed by atoms with Crippen LogP contribution in [0.4, 0.5) is 0 Å². The summed E-state index contributed by atoms with van der Waals surface area (Å²) in [7, 11) is 1.38. The van der Waals surface area contributed by atoms with Gasteiger partial charge in [0.1, 0.15) is 13.2 Å². The number of allylic oxidation sites excluding steroid dienone is 1. The highest BCUT2D eigenvalue weighted by atomic mass is 16.6. The first-order valence-electron chi connectivity index (χ1n) is 9.04. The first-order chi connectivity index (χ1) is 13.0. The van der Waals surface area contributed by atoms with E-state index in [1.165, 1.54) is 19.4 Å². The van der Waals surface area contributed by atoms with Gasteiger partial charge in [0.15, 0.2) is 17.6 Å². The van der Waals surface area contributed by atoms with E-state index in [4.69, 9.17) is 14.2 Å². The molecule has 0 bridgehead atoms. The van der Waals surface area contributed by atoms with Gasteiger partial charge in [-0.25, -0.2) is 0 Å². The maximum absolute atomic E-state index is 12.5. The third-order valence-corrected chi connectivity index (χ3v) is 5.08. The number of hydrogen-bond donors (Lipinski definition) is 3. The Hall–Kier alpha value is -2.71. The van der Waals surface area contributed by atoms with Crippen LogP contribution in [0.1, 0.15) is 25.7 Å². The first kappa shape index (κ1) is 19.1. The van der Waals surface area contributed by atoms with Crippen LogP contribution in [0, 0.1) is 11.8 Å². The lowest BCUT2D eigenvalue weighted by molar-refractivity contribution is -0.159. The molecule has 1 saturated carbocycles. The van der Waals surface area contributed by atoms with Crippen LogP contribution in [0.5, 0.6) is 0 Å². The minimum absolute atomic E-state index is 0.106. The molecule has 0 radical (unpaired) electrons. The lowest BCUT2D eigenvalue weighted by Gasteiger charge is -2.26. The van der Waals surface area contributed by atoms with Crippen molar-refractivity contribution >= 4 is 17.8 Å². The number of carbonyl (C=O) groups excluding carboxylic acids is 3. The molecule has 0 aromatic rings. The van der Waals surface area contributed by atoms with Gasteiger partial charge >= 0.3 is 11.9 Å². The molecule has 0 spiro atoms. The average Bonchev–Trinajstić information content (AvgIpc) is 2.74. The number of carbonyl (C=O) groups is 3. The van der Waals surface area contributed by atoms with Crippen molar-refractivity contribution in [2.24, 2.45) is 11.8 Å². The SMILES string of the molecule is COC1=C(O)C(C(=O)NC2COC(=O)[C@H]3CCCC[C@@H]3C(=O)OC2)NC=C1. The minimum atomic E-state index is -1.05. The molecule has 1 saturated heterocycles. The predicted octanol–water partition coefficient (Wildman–Crippen LogP) is 0.279. The highest BCUT2D eigenvalue weighted by Gasteiger charge is 2.40. The highest BCUT2D eigenvalue weighted by Crippen LogP contribution is 2.32. The van der Waals surface area contributed by atoms with E-state index in [2.05, 4.69) is 10.6 Å². The summed E-state index contributed by atoms with van der Waals surface area (Å²) >= 11 is 0. The van der Waals surface area contributed by atoms with Crippen LogP contribution >= 0.6 is 0 Å². The second-order valence-corrected chi connectivity index (χ2v) is 6.85. The maximum atomic E-state index is 12.5. The van der Waals surface area contributed by atoms with Crippen molar-refractivity contribution in [1.82, 2.24) is 10.6 Å². The third kappa shape index (κ3) is 4.17. The lowest BCUT2D eigenvalue weighted by Crippen LogP contribution is -2.51. The van der Waals surface area contributed by atoms with Crippen LogP contribution in [-0.4, -0.2) is 55.4 Å². The van der Waals surface area contributed by atoms with Gasteiger partial charge in [-0.05, 0) is 18.9 Å². The van der Waals surface area contributed by atoms with Crippen LogP contribution < -0.4 is 10.6 Å². The zero-order valence-electron chi connectivity index (χ0n) is 15.1. The smallest absolute Gasteiger partial charge is 0.309 e. The number of dihydropyridines is 1. The fourth-order valence-corrected chi connectivity index (χ4v) is 3.59. The van der Waals surface area contributed by atoms with E-state index in [1.54, 1.807) is 0 Å². The average molecular weight is 380 g/mol. The van der Waals surface area contributed by atoms with E-state index in [1.807, 2.05) is 0 Å². The Labute approximate surface area is 156 Å². The Morgan fingerprint density at radius 3 is 2.33 bits per heavy atom. The Balaban J connectivity index is 1.66. The molecule has 3 aliphatic rings. The van der Waals surface area contributed by atoms with E-state index >= 15 is 0 Å². The summed E-state index contributed by atoms with van der Waals surface area (Å²) in [6, 6.07) is -1.76. The monoisotopic (exact) mass is 380 g/mol. The van der Waals surface area contributed by atoms with Crippen molar-refractivity contribution < 1.29 is 33.7 Å². The topological polar surface area (TPSA) is 123 Å². The van der Waals surface area contributed by atoms with Crippen LogP contribution in [-0.2, 0) is 28.6 Å². The summed E-state index contributed by atoms with van der Waals surface area (Å²) in [4.78, 5) is 37.2. The molecular formula is C18H24N2O7. The van der Waals surface area contributed by atoms with Crippen molar-refractivity contribution in [3.63, 3.8) is 0 Å². The molecule has 27 heavy (non-hydrogen) atoms. The molecule has 148 valence electrons. The fraction of sp³-hybridized carbons (Fsp3) is 0.611. The van der Waals surface area contributed by atoms with E-state index in [9.17, 15) is 19.5 Å². The number of fused-ring (bicyclic) bond motifs is 1. The number of esters is 2. The van der Waals surface area contributed by atoms with Crippen LogP contribution in [0.2, 0.25) is 0 Å². The molecule has 3 rings (SSSR count). The molecule has 2 heterocycles. The van der Waals surface area contributed by atoms with Gasteiger partial charge in [0, 0.05) is 6.20 Å². The number of amides is 1.